The predicted octanol–water partition coefficient (Wildman–Crippen LogP) is 4.97. The van der Waals surface area contributed by atoms with Crippen LogP contribution in [-0.4, -0.2) is 29.8 Å². The van der Waals surface area contributed by atoms with E-state index in [1.54, 1.807) is 19.3 Å². The molecule has 1 fully saturated rings. The van der Waals surface area contributed by atoms with E-state index in [2.05, 4.69) is 13.8 Å². The SMILES string of the molecule is COc1cc(/C=C2\SC(=O)N(Cc3ccccc3)C2=O)ccc1OCC(C)C. The van der Waals surface area contributed by atoms with E-state index in [9.17, 15) is 9.59 Å². The van der Waals surface area contributed by atoms with Crippen molar-refractivity contribution in [1.82, 2.24) is 4.90 Å². The van der Waals surface area contributed by atoms with Crippen molar-refractivity contribution < 1.29 is 19.1 Å². The standard InChI is InChI=1S/C22H23NO4S/c1-15(2)14-27-18-10-9-17(11-19(18)26-3)12-20-21(24)23(22(25)28-20)13-16-7-5-4-6-8-16/h4-12,15H,13-14H2,1-3H3/b20-12-. The molecule has 1 saturated heterocycles. The summed E-state index contributed by atoms with van der Waals surface area (Å²) in [5.41, 5.74) is 1.69. The van der Waals surface area contributed by atoms with Crippen LogP contribution in [0.25, 0.3) is 6.08 Å². The van der Waals surface area contributed by atoms with E-state index in [0.717, 1.165) is 22.9 Å². The highest BCUT2D eigenvalue weighted by atomic mass is 32.2. The summed E-state index contributed by atoms with van der Waals surface area (Å²) in [6.45, 7) is 5.01. The molecular weight excluding hydrogens is 374 g/mol. The van der Waals surface area contributed by atoms with Gasteiger partial charge in [0.05, 0.1) is 25.2 Å². The third-order valence-electron chi connectivity index (χ3n) is 4.11. The molecule has 0 unspecified atom stereocenters. The second-order valence-corrected chi connectivity index (χ2v) is 7.86. The van der Waals surface area contributed by atoms with Crippen molar-refractivity contribution in [2.24, 2.45) is 5.92 Å². The number of rotatable bonds is 7. The first kappa shape index (κ1) is 20.0. The summed E-state index contributed by atoms with van der Waals surface area (Å²) in [6, 6.07) is 14.9. The zero-order valence-corrected chi connectivity index (χ0v) is 17.0. The highest BCUT2D eigenvalue weighted by Gasteiger charge is 2.34. The fourth-order valence-electron chi connectivity index (χ4n) is 2.70. The summed E-state index contributed by atoms with van der Waals surface area (Å²) in [5.74, 6) is 1.38. The Kier molecular flexibility index (Phi) is 6.41. The second-order valence-electron chi connectivity index (χ2n) is 6.87. The van der Waals surface area contributed by atoms with Gasteiger partial charge in [-0.15, -0.1) is 0 Å². The highest BCUT2D eigenvalue weighted by Crippen LogP contribution is 2.35. The largest absolute Gasteiger partial charge is 0.493 e. The van der Waals surface area contributed by atoms with Crippen LogP contribution in [0.15, 0.2) is 53.4 Å². The summed E-state index contributed by atoms with van der Waals surface area (Å²) in [6.07, 6.45) is 1.71. The van der Waals surface area contributed by atoms with Crippen LogP contribution in [0, 0.1) is 5.92 Å². The Morgan fingerprint density at radius 1 is 1.07 bits per heavy atom. The lowest BCUT2D eigenvalue weighted by Crippen LogP contribution is -2.27. The number of benzene rings is 2. The molecule has 1 aliphatic heterocycles. The first-order valence-corrected chi connectivity index (χ1v) is 9.89. The predicted molar refractivity (Wildman–Crippen MR) is 111 cm³/mol. The number of ether oxygens (including phenoxy) is 2. The van der Waals surface area contributed by atoms with Crippen LogP contribution in [-0.2, 0) is 11.3 Å². The maximum Gasteiger partial charge on any atom is 0.293 e. The van der Waals surface area contributed by atoms with Crippen molar-refractivity contribution in [3.63, 3.8) is 0 Å². The molecule has 1 heterocycles. The molecule has 0 aliphatic carbocycles. The molecule has 5 nitrogen and oxygen atoms in total. The Bertz CT molecular complexity index is 893. The molecule has 3 rings (SSSR count). The van der Waals surface area contributed by atoms with Crippen molar-refractivity contribution in [3.05, 3.63) is 64.6 Å². The summed E-state index contributed by atoms with van der Waals surface area (Å²) < 4.78 is 11.2. The number of carbonyl (C=O) groups is 2. The molecule has 2 aromatic carbocycles. The quantitative estimate of drug-likeness (QED) is 0.618. The number of hydrogen-bond acceptors (Lipinski definition) is 5. The number of carbonyl (C=O) groups excluding carboxylic acids is 2. The van der Waals surface area contributed by atoms with Gasteiger partial charge in [0.1, 0.15) is 0 Å². The lowest BCUT2D eigenvalue weighted by Gasteiger charge is -2.13. The second kappa shape index (κ2) is 8.97. The number of amides is 2. The van der Waals surface area contributed by atoms with Gasteiger partial charge in [0.2, 0.25) is 0 Å². The van der Waals surface area contributed by atoms with Crippen LogP contribution in [0.1, 0.15) is 25.0 Å². The Labute approximate surface area is 169 Å². The molecule has 0 saturated carbocycles. The van der Waals surface area contributed by atoms with Crippen molar-refractivity contribution in [3.8, 4) is 11.5 Å². The van der Waals surface area contributed by atoms with Crippen LogP contribution >= 0.6 is 11.8 Å². The first-order valence-electron chi connectivity index (χ1n) is 9.08. The van der Waals surface area contributed by atoms with Gasteiger partial charge in [-0.05, 0) is 47.0 Å². The average molecular weight is 397 g/mol. The molecule has 2 aromatic rings. The Morgan fingerprint density at radius 3 is 2.50 bits per heavy atom. The lowest BCUT2D eigenvalue weighted by atomic mass is 10.1. The van der Waals surface area contributed by atoms with E-state index >= 15 is 0 Å². The van der Waals surface area contributed by atoms with Crippen LogP contribution in [0.3, 0.4) is 0 Å². The minimum Gasteiger partial charge on any atom is -0.493 e. The van der Waals surface area contributed by atoms with Crippen molar-refractivity contribution in [1.29, 1.82) is 0 Å². The van der Waals surface area contributed by atoms with E-state index in [1.165, 1.54) is 4.90 Å². The molecule has 1 aliphatic rings. The van der Waals surface area contributed by atoms with Crippen LogP contribution in [0.4, 0.5) is 4.79 Å². The van der Waals surface area contributed by atoms with Gasteiger partial charge in [-0.25, -0.2) is 0 Å². The molecule has 2 amide bonds. The minimum atomic E-state index is -0.280. The van der Waals surface area contributed by atoms with E-state index in [-0.39, 0.29) is 17.7 Å². The molecule has 0 atom stereocenters. The number of nitrogens with zero attached hydrogens (tertiary/aromatic N) is 1. The molecule has 146 valence electrons. The van der Waals surface area contributed by atoms with Crippen LogP contribution in [0.5, 0.6) is 11.5 Å². The number of methoxy groups -OCH3 is 1. The molecule has 6 heteroatoms. The molecule has 0 bridgehead atoms. The monoisotopic (exact) mass is 397 g/mol. The van der Waals surface area contributed by atoms with Gasteiger partial charge in [-0.1, -0.05) is 50.2 Å². The highest BCUT2D eigenvalue weighted by molar-refractivity contribution is 8.18. The lowest BCUT2D eigenvalue weighted by molar-refractivity contribution is -0.123. The Morgan fingerprint density at radius 2 is 1.82 bits per heavy atom. The smallest absolute Gasteiger partial charge is 0.293 e. The van der Waals surface area contributed by atoms with Crippen LogP contribution < -0.4 is 9.47 Å². The van der Waals surface area contributed by atoms with Crippen molar-refractivity contribution >= 4 is 29.0 Å². The van der Waals surface area contributed by atoms with Gasteiger partial charge in [-0.2, -0.15) is 0 Å². The van der Waals surface area contributed by atoms with E-state index in [1.807, 2.05) is 42.5 Å². The fraction of sp³-hybridized carbons (Fsp3) is 0.273. The van der Waals surface area contributed by atoms with Crippen molar-refractivity contribution in [2.75, 3.05) is 13.7 Å². The molecule has 0 N–H and O–H groups in total. The van der Waals surface area contributed by atoms with Gasteiger partial charge in [0.25, 0.3) is 11.1 Å². The summed E-state index contributed by atoms with van der Waals surface area (Å²) in [5, 5.41) is -0.260. The van der Waals surface area contributed by atoms with E-state index in [4.69, 9.17) is 9.47 Å². The van der Waals surface area contributed by atoms with E-state index < -0.39 is 0 Å². The zero-order valence-electron chi connectivity index (χ0n) is 16.2. The molecule has 0 aromatic heterocycles. The topological polar surface area (TPSA) is 55.8 Å². The molecule has 0 radical (unpaired) electrons. The molecule has 0 spiro atoms. The minimum absolute atomic E-state index is 0.260. The Hall–Kier alpha value is -2.73. The number of imide groups is 1. The maximum atomic E-state index is 12.7. The zero-order chi connectivity index (χ0) is 20.1. The van der Waals surface area contributed by atoms with Gasteiger partial charge in [0.15, 0.2) is 11.5 Å². The van der Waals surface area contributed by atoms with E-state index in [0.29, 0.717) is 28.9 Å². The average Bonchev–Trinajstić information content (AvgIpc) is 2.95. The van der Waals surface area contributed by atoms with Gasteiger partial charge >= 0.3 is 0 Å². The summed E-state index contributed by atoms with van der Waals surface area (Å²) in [7, 11) is 1.58. The maximum absolute atomic E-state index is 12.7. The Balaban J connectivity index is 1.77. The van der Waals surface area contributed by atoms with Crippen LogP contribution in [0.2, 0.25) is 0 Å². The molecular formula is C22H23NO4S. The van der Waals surface area contributed by atoms with Gasteiger partial charge in [-0.3, -0.25) is 14.5 Å². The van der Waals surface area contributed by atoms with Gasteiger partial charge < -0.3 is 9.47 Å². The molecule has 28 heavy (non-hydrogen) atoms. The third kappa shape index (κ3) is 4.75. The fourth-order valence-corrected chi connectivity index (χ4v) is 3.54. The number of thioether (sulfide) groups is 1. The van der Waals surface area contributed by atoms with Crippen molar-refractivity contribution in [2.45, 2.75) is 20.4 Å². The van der Waals surface area contributed by atoms with Gasteiger partial charge in [0, 0.05) is 0 Å². The summed E-state index contributed by atoms with van der Waals surface area (Å²) in [4.78, 5) is 26.7. The number of hydrogen-bond donors (Lipinski definition) is 0. The normalized spacial score (nSPS) is 15.6. The first-order chi connectivity index (χ1) is 13.5. The summed E-state index contributed by atoms with van der Waals surface area (Å²) >= 11 is 0.954. The third-order valence-corrected chi connectivity index (χ3v) is 5.02.